The van der Waals surface area contributed by atoms with E-state index in [1.807, 2.05) is 18.2 Å². The second-order valence-corrected chi connectivity index (χ2v) is 5.34. The van der Waals surface area contributed by atoms with Gasteiger partial charge in [0.2, 0.25) is 5.91 Å². The average Bonchev–Trinajstić information content (AvgIpc) is 2.37. The molecule has 0 aromatic heterocycles. The lowest BCUT2D eigenvalue weighted by Crippen LogP contribution is -2.37. The molecule has 0 spiro atoms. The minimum Gasteiger partial charge on any atom is -0.359 e. The maximum atomic E-state index is 12.2. The van der Waals surface area contributed by atoms with Crippen molar-refractivity contribution in [2.24, 2.45) is 5.92 Å². The highest BCUT2D eigenvalue weighted by molar-refractivity contribution is 14.1. The Morgan fingerprint density at radius 3 is 2.56 bits per heavy atom. The topological polar surface area (TPSA) is 49.4 Å². The molecule has 1 unspecified atom stereocenters. The van der Waals surface area contributed by atoms with E-state index >= 15 is 0 Å². The van der Waals surface area contributed by atoms with Crippen molar-refractivity contribution in [3.05, 3.63) is 33.4 Å². The van der Waals surface area contributed by atoms with E-state index in [9.17, 15) is 9.59 Å². The van der Waals surface area contributed by atoms with Crippen LogP contribution in [0.4, 0.5) is 0 Å². The molecule has 4 nitrogen and oxygen atoms in total. The van der Waals surface area contributed by atoms with Crippen LogP contribution >= 0.6 is 22.6 Å². The Balaban J connectivity index is 2.74. The van der Waals surface area contributed by atoms with Gasteiger partial charge in [-0.3, -0.25) is 9.59 Å². The first-order valence-electron chi connectivity index (χ1n) is 5.69. The van der Waals surface area contributed by atoms with Crippen LogP contribution in [0.1, 0.15) is 17.3 Å². The molecule has 98 valence electrons. The zero-order chi connectivity index (χ0) is 13.7. The van der Waals surface area contributed by atoms with Gasteiger partial charge in [-0.05, 0) is 34.7 Å². The molecule has 5 heteroatoms. The summed E-state index contributed by atoms with van der Waals surface area (Å²) in [7, 11) is 3.31. The lowest BCUT2D eigenvalue weighted by atomic mass is 10.1. The SMILES string of the molecule is CNC(=O)C(C)CN(C)C(=O)c1ccccc1I. The lowest BCUT2D eigenvalue weighted by Gasteiger charge is -2.21. The summed E-state index contributed by atoms with van der Waals surface area (Å²) in [5, 5.41) is 2.58. The lowest BCUT2D eigenvalue weighted by molar-refractivity contribution is -0.124. The Kier molecular flexibility index (Phi) is 5.58. The number of amides is 2. The van der Waals surface area contributed by atoms with Crippen molar-refractivity contribution in [2.75, 3.05) is 20.6 Å². The molecule has 1 N–H and O–H groups in total. The fourth-order valence-corrected chi connectivity index (χ4v) is 2.28. The molecule has 0 heterocycles. The number of carbonyl (C=O) groups excluding carboxylic acids is 2. The van der Waals surface area contributed by atoms with Gasteiger partial charge in [-0.1, -0.05) is 19.1 Å². The summed E-state index contributed by atoms with van der Waals surface area (Å²) in [5.41, 5.74) is 0.671. The van der Waals surface area contributed by atoms with Crippen molar-refractivity contribution in [2.45, 2.75) is 6.92 Å². The van der Waals surface area contributed by atoms with Gasteiger partial charge in [-0.25, -0.2) is 0 Å². The molecule has 2 amide bonds. The Morgan fingerprint density at radius 2 is 2.00 bits per heavy atom. The van der Waals surface area contributed by atoms with Gasteiger partial charge in [-0.15, -0.1) is 0 Å². The Morgan fingerprint density at radius 1 is 1.39 bits per heavy atom. The van der Waals surface area contributed by atoms with E-state index in [-0.39, 0.29) is 17.7 Å². The standard InChI is InChI=1S/C13H17IN2O2/c1-9(12(17)15-2)8-16(3)13(18)10-6-4-5-7-11(10)14/h4-7,9H,8H2,1-3H3,(H,15,17). The van der Waals surface area contributed by atoms with Crippen LogP contribution in [-0.4, -0.2) is 37.4 Å². The minimum absolute atomic E-state index is 0.0580. The summed E-state index contributed by atoms with van der Waals surface area (Å²) in [6.07, 6.45) is 0. The van der Waals surface area contributed by atoms with E-state index in [0.717, 1.165) is 3.57 Å². The third-order valence-electron chi connectivity index (χ3n) is 2.69. The van der Waals surface area contributed by atoms with Gasteiger partial charge in [0.1, 0.15) is 0 Å². The number of hydrogen-bond donors (Lipinski definition) is 1. The second kappa shape index (κ2) is 6.72. The van der Waals surface area contributed by atoms with Crippen molar-refractivity contribution >= 4 is 34.4 Å². The summed E-state index contributed by atoms with van der Waals surface area (Å²) in [5.74, 6) is -0.335. The molecule has 1 atom stereocenters. The Hall–Kier alpha value is -1.11. The van der Waals surface area contributed by atoms with Crippen LogP contribution in [0.3, 0.4) is 0 Å². The average molecular weight is 360 g/mol. The highest BCUT2D eigenvalue weighted by atomic mass is 127. The number of nitrogens with zero attached hydrogens (tertiary/aromatic N) is 1. The highest BCUT2D eigenvalue weighted by Crippen LogP contribution is 2.14. The van der Waals surface area contributed by atoms with Crippen LogP contribution in [0, 0.1) is 9.49 Å². The molecule has 0 fully saturated rings. The van der Waals surface area contributed by atoms with Crippen LogP contribution in [0.15, 0.2) is 24.3 Å². The summed E-state index contributed by atoms with van der Waals surface area (Å²) in [6.45, 7) is 2.21. The quantitative estimate of drug-likeness (QED) is 0.832. The maximum absolute atomic E-state index is 12.2. The normalized spacial score (nSPS) is 11.8. The van der Waals surface area contributed by atoms with Crippen LogP contribution < -0.4 is 5.32 Å². The second-order valence-electron chi connectivity index (χ2n) is 4.18. The minimum atomic E-state index is -0.217. The molecule has 18 heavy (non-hydrogen) atoms. The molecule has 0 aliphatic heterocycles. The van der Waals surface area contributed by atoms with Crippen molar-refractivity contribution < 1.29 is 9.59 Å². The Labute approximate surface area is 121 Å². The van der Waals surface area contributed by atoms with Crippen molar-refractivity contribution in [3.63, 3.8) is 0 Å². The third-order valence-corrected chi connectivity index (χ3v) is 3.63. The van der Waals surface area contributed by atoms with Gasteiger partial charge < -0.3 is 10.2 Å². The molecule has 1 aromatic carbocycles. The van der Waals surface area contributed by atoms with E-state index in [4.69, 9.17) is 0 Å². The molecule has 0 bridgehead atoms. The van der Waals surface area contributed by atoms with Crippen molar-refractivity contribution in [3.8, 4) is 0 Å². The summed E-state index contributed by atoms with van der Waals surface area (Å²) in [4.78, 5) is 25.2. The number of hydrogen-bond acceptors (Lipinski definition) is 2. The zero-order valence-corrected chi connectivity index (χ0v) is 12.9. The summed E-state index contributed by atoms with van der Waals surface area (Å²) in [6, 6.07) is 7.42. The molecule has 0 saturated heterocycles. The number of halogens is 1. The van der Waals surface area contributed by atoms with Gasteiger partial charge >= 0.3 is 0 Å². The third kappa shape index (κ3) is 3.69. The van der Waals surface area contributed by atoms with Crippen molar-refractivity contribution in [1.82, 2.24) is 10.2 Å². The number of rotatable bonds is 4. The largest absolute Gasteiger partial charge is 0.359 e. The van der Waals surface area contributed by atoms with Crippen LogP contribution in [0.5, 0.6) is 0 Å². The van der Waals surface area contributed by atoms with Gasteiger partial charge in [0, 0.05) is 24.2 Å². The summed E-state index contributed by atoms with van der Waals surface area (Å²) >= 11 is 2.14. The number of nitrogens with one attached hydrogen (secondary N) is 1. The fourth-order valence-electron chi connectivity index (χ4n) is 1.66. The molecule has 0 radical (unpaired) electrons. The zero-order valence-electron chi connectivity index (χ0n) is 10.7. The fraction of sp³-hybridized carbons (Fsp3) is 0.385. The van der Waals surface area contributed by atoms with Crippen LogP contribution in [0.25, 0.3) is 0 Å². The highest BCUT2D eigenvalue weighted by Gasteiger charge is 2.19. The molecule has 1 rings (SSSR count). The molecule has 0 saturated carbocycles. The molecular formula is C13H17IN2O2. The predicted molar refractivity (Wildman–Crippen MR) is 79.4 cm³/mol. The van der Waals surface area contributed by atoms with Gasteiger partial charge in [-0.2, -0.15) is 0 Å². The molecule has 0 aliphatic rings. The first-order valence-corrected chi connectivity index (χ1v) is 6.76. The first-order chi connectivity index (χ1) is 8.47. The molecule has 1 aromatic rings. The summed E-state index contributed by atoms with van der Waals surface area (Å²) < 4.78 is 0.916. The van der Waals surface area contributed by atoms with E-state index in [0.29, 0.717) is 12.1 Å². The first kappa shape index (κ1) is 14.9. The van der Waals surface area contributed by atoms with Crippen molar-refractivity contribution in [1.29, 1.82) is 0 Å². The molecule has 0 aliphatic carbocycles. The van der Waals surface area contributed by atoms with E-state index in [1.165, 1.54) is 0 Å². The van der Waals surface area contributed by atoms with E-state index < -0.39 is 0 Å². The van der Waals surface area contributed by atoms with Gasteiger partial charge in [0.15, 0.2) is 0 Å². The van der Waals surface area contributed by atoms with Gasteiger partial charge in [0.05, 0.1) is 11.5 Å². The maximum Gasteiger partial charge on any atom is 0.254 e. The van der Waals surface area contributed by atoms with E-state index in [1.54, 1.807) is 32.0 Å². The predicted octanol–water partition coefficient (Wildman–Crippen LogP) is 1.75. The molecular weight excluding hydrogens is 343 g/mol. The monoisotopic (exact) mass is 360 g/mol. The van der Waals surface area contributed by atoms with Gasteiger partial charge in [0.25, 0.3) is 5.91 Å². The van der Waals surface area contributed by atoms with E-state index in [2.05, 4.69) is 27.9 Å². The van der Waals surface area contributed by atoms with Crippen LogP contribution in [-0.2, 0) is 4.79 Å². The smallest absolute Gasteiger partial charge is 0.254 e. The number of carbonyl (C=O) groups is 2. The Bertz CT molecular complexity index is 448. The number of benzene rings is 1. The van der Waals surface area contributed by atoms with Crippen LogP contribution in [0.2, 0.25) is 0 Å².